The molecule has 3 amide bonds. The first-order valence-corrected chi connectivity index (χ1v) is 8.99. The van der Waals surface area contributed by atoms with Gasteiger partial charge in [0.1, 0.15) is 0 Å². The molecule has 0 radical (unpaired) electrons. The Morgan fingerprint density at radius 2 is 1.96 bits per heavy atom. The summed E-state index contributed by atoms with van der Waals surface area (Å²) in [7, 11) is 0. The lowest BCUT2D eigenvalue weighted by Crippen LogP contribution is -2.45. The van der Waals surface area contributed by atoms with Crippen LogP contribution in [0.25, 0.3) is 0 Å². The van der Waals surface area contributed by atoms with Gasteiger partial charge >= 0.3 is 12.0 Å². The van der Waals surface area contributed by atoms with E-state index in [9.17, 15) is 14.4 Å². The number of carbonyl (C=O) groups is 3. The predicted molar refractivity (Wildman–Crippen MR) is 92.0 cm³/mol. The molecule has 0 heterocycles. The van der Waals surface area contributed by atoms with E-state index < -0.39 is 24.0 Å². The summed E-state index contributed by atoms with van der Waals surface area (Å²) in [6.45, 7) is 1.43. The van der Waals surface area contributed by atoms with Crippen molar-refractivity contribution in [1.82, 2.24) is 10.6 Å². The van der Waals surface area contributed by atoms with Gasteiger partial charge in [0, 0.05) is 21.7 Å². The molecule has 0 saturated heterocycles. The van der Waals surface area contributed by atoms with E-state index >= 15 is 0 Å². The van der Waals surface area contributed by atoms with Crippen LogP contribution < -0.4 is 10.6 Å². The van der Waals surface area contributed by atoms with Gasteiger partial charge in [-0.3, -0.25) is 14.9 Å². The molecule has 2 rings (SSSR count). The SMILES string of the molecule is CC(OC(=O)CCSc1ccc(Cl)cc1)C(=O)NC(=O)NC1CC1. The Labute approximate surface area is 149 Å². The van der Waals surface area contributed by atoms with E-state index in [2.05, 4.69) is 10.6 Å². The number of benzene rings is 1. The zero-order valence-corrected chi connectivity index (χ0v) is 14.8. The number of thioether (sulfide) groups is 1. The molecule has 130 valence electrons. The fourth-order valence-electron chi connectivity index (χ4n) is 1.76. The molecule has 0 bridgehead atoms. The Kier molecular flexibility index (Phi) is 6.93. The second kappa shape index (κ2) is 8.94. The number of imide groups is 1. The number of hydrogen-bond acceptors (Lipinski definition) is 5. The topological polar surface area (TPSA) is 84.5 Å². The summed E-state index contributed by atoms with van der Waals surface area (Å²) in [4.78, 5) is 35.9. The number of esters is 1. The first-order valence-electron chi connectivity index (χ1n) is 7.63. The molecule has 1 aromatic rings. The molecule has 1 atom stereocenters. The Morgan fingerprint density at radius 3 is 2.58 bits per heavy atom. The molecule has 1 aliphatic carbocycles. The van der Waals surface area contributed by atoms with Crippen LogP contribution in [0.5, 0.6) is 0 Å². The van der Waals surface area contributed by atoms with Crippen molar-refractivity contribution in [3.8, 4) is 0 Å². The van der Waals surface area contributed by atoms with Crippen LogP contribution in [0.1, 0.15) is 26.2 Å². The van der Waals surface area contributed by atoms with Gasteiger partial charge < -0.3 is 10.1 Å². The van der Waals surface area contributed by atoms with Gasteiger partial charge in [-0.1, -0.05) is 11.6 Å². The second-order valence-corrected chi connectivity index (χ2v) is 7.03. The summed E-state index contributed by atoms with van der Waals surface area (Å²) in [5.41, 5.74) is 0. The zero-order chi connectivity index (χ0) is 17.5. The van der Waals surface area contributed by atoms with Gasteiger partial charge in [-0.05, 0) is 44.0 Å². The van der Waals surface area contributed by atoms with Crippen molar-refractivity contribution in [2.24, 2.45) is 0 Å². The highest BCUT2D eigenvalue weighted by Crippen LogP contribution is 2.21. The maximum Gasteiger partial charge on any atom is 0.321 e. The number of amides is 3. The van der Waals surface area contributed by atoms with E-state index in [0.717, 1.165) is 17.7 Å². The summed E-state index contributed by atoms with van der Waals surface area (Å²) < 4.78 is 5.03. The predicted octanol–water partition coefficient (Wildman–Crippen LogP) is 2.74. The molecule has 24 heavy (non-hydrogen) atoms. The van der Waals surface area contributed by atoms with Crippen LogP contribution in [0.2, 0.25) is 5.02 Å². The molecule has 1 unspecified atom stereocenters. The lowest BCUT2D eigenvalue weighted by atomic mass is 10.3. The average molecular weight is 371 g/mol. The Morgan fingerprint density at radius 1 is 1.29 bits per heavy atom. The number of nitrogens with one attached hydrogen (secondary N) is 2. The van der Waals surface area contributed by atoms with Crippen molar-refractivity contribution in [2.75, 3.05) is 5.75 Å². The lowest BCUT2D eigenvalue weighted by Gasteiger charge is -2.13. The minimum Gasteiger partial charge on any atom is -0.453 e. The molecule has 6 nitrogen and oxygen atoms in total. The van der Waals surface area contributed by atoms with E-state index in [0.29, 0.717) is 10.8 Å². The molecule has 0 aromatic heterocycles. The zero-order valence-electron chi connectivity index (χ0n) is 13.2. The molecule has 8 heteroatoms. The minimum atomic E-state index is -1.01. The summed E-state index contributed by atoms with van der Waals surface area (Å²) in [5.74, 6) is -0.592. The van der Waals surface area contributed by atoms with Crippen LogP contribution >= 0.6 is 23.4 Å². The largest absolute Gasteiger partial charge is 0.453 e. The van der Waals surface area contributed by atoms with Gasteiger partial charge in [-0.15, -0.1) is 11.8 Å². The number of halogens is 1. The normalized spacial score (nSPS) is 14.6. The third-order valence-corrected chi connectivity index (χ3v) is 4.48. The van der Waals surface area contributed by atoms with Gasteiger partial charge in [-0.25, -0.2) is 4.79 Å². The molecule has 1 saturated carbocycles. The number of urea groups is 1. The van der Waals surface area contributed by atoms with Gasteiger partial charge in [0.05, 0.1) is 6.42 Å². The molecular weight excluding hydrogens is 352 g/mol. The quantitative estimate of drug-likeness (QED) is 0.569. The number of carbonyl (C=O) groups excluding carboxylic acids is 3. The Balaban J connectivity index is 1.63. The third-order valence-electron chi connectivity index (χ3n) is 3.22. The minimum absolute atomic E-state index is 0.153. The van der Waals surface area contributed by atoms with E-state index in [1.54, 1.807) is 12.1 Å². The van der Waals surface area contributed by atoms with Gasteiger partial charge in [0.15, 0.2) is 6.10 Å². The first-order chi connectivity index (χ1) is 11.4. The van der Waals surface area contributed by atoms with Crippen LogP contribution in [0.4, 0.5) is 4.79 Å². The van der Waals surface area contributed by atoms with Crippen molar-refractivity contribution in [2.45, 2.75) is 43.2 Å². The smallest absolute Gasteiger partial charge is 0.321 e. The first kappa shape index (κ1) is 18.6. The summed E-state index contributed by atoms with van der Waals surface area (Å²) >= 11 is 7.29. The van der Waals surface area contributed by atoms with Crippen LogP contribution in [0, 0.1) is 0 Å². The fraction of sp³-hybridized carbons (Fsp3) is 0.438. The van der Waals surface area contributed by atoms with Crippen molar-refractivity contribution >= 4 is 41.3 Å². The number of hydrogen-bond donors (Lipinski definition) is 2. The van der Waals surface area contributed by atoms with E-state index in [1.807, 2.05) is 12.1 Å². The van der Waals surface area contributed by atoms with E-state index in [4.69, 9.17) is 16.3 Å². The van der Waals surface area contributed by atoms with Crippen LogP contribution in [-0.2, 0) is 14.3 Å². The number of rotatable bonds is 7. The molecule has 1 aromatic carbocycles. The summed E-state index contributed by atoms with van der Waals surface area (Å²) in [5, 5.41) is 5.44. The summed E-state index contributed by atoms with van der Waals surface area (Å²) in [6.07, 6.45) is 1.01. The highest BCUT2D eigenvalue weighted by molar-refractivity contribution is 7.99. The molecule has 1 aliphatic rings. The van der Waals surface area contributed by atoms with Gasteiger partial charge in [0.2, 0.25) is 0 Å². The van der Waals surface area contributed by atoms with Gasteiger partial charge in [0.25, 0.3) is 5.91 Å². The maximum atomic E-state index is 11.8. The highest BCUT2D eigenvalue weighted by atomic mass is 35.5. The maximum absolute atomic E-state index is 11.8. The molecule has 2 N–H and O–H groups in total. The average Bonchev–Trinajstić information content (AvgIpc) is 3.32. The van der Waals surface area contributed by atoms with Crippen LogP contribution in [-0.4, -0.2) is 35.8 Å². The summed E-state index contributed by atoms with van der Waals surface area (Å²) in [6, 6.07) is 6.90. The van der Waals surface area contributed by atoms with Gasteiger partial charge in [-0.2, -0.15) is 0 Å². The van der Waals surface area contributed by atoms with Crippen molar-refractivity contribution in [3.05, 3.63) is 29.3 Å². The van der Waals surface area contributed by atoms with Crippen molar-refractivity contribution in [3.63, 3.8) is 0 Å². The second-order valence-electron chi connectivity index (χ2n) is 5.42. The third kappa shape index (κ3) is 6.80. The molecule has 1 fully saturated rings. The van der Waals surface area contributed by atoms with Crippen LogP contribution in [0.3, 0.4) is 0 Å². The van der Waals surface area contributed by atoms with E-state index in [1.165, 1.54) is 18.7 Å². The Bertz CT molecular complexity index is 605. The lowest BCUT2D eigenvalue weighted by molar-refractivity contribution is -0.154. The fourth-order valence-corrected chi connectivity index (χ4v) is 2.71. The Hall–Kier alpha value is -1.73. The standard InChI is InChI=1S/C16H19ClN2O4S/c1-10(15(21)19-16(22)18-12-4-5-12)23-14(20)8-9-24-13-6-2-11(17)3-7-13/h2-3,6-7,10,12H,4-5,8-9H2,1H3,(H2,18,19,21,22). The monoisotopic (exact) mass is 370 g/mol. The number of ether oxygens (including phenoxy) is 1. The van der Waals surface area contributed by atoms with Crippen LogP contribution in [0.15, 0.2) is 29.2 Å². The molecular formula is C16H19ClN2O4S. The van der Waals surface area contributed by atoms with Crippen molar-refractivity contribution in [1.29, 1.82) is 0 Å². The molecule has 0 aliphatic heterocycles. The highest BCUT2D eigenvalue weighted by Gasteiger charge is 2.25. The van der Waals surface area contributed by atoms with Crippen molar-refractivity contribution < 1.29 is 19.1 Å². The van der Waals surface area contributed by atoms with E-state index in [-0.39, 0.29) is 12.5 Å². The molecule has 0 spiro atoms.